The summed E-state index contributed by atoms with van der Waals surface area (Å²) in [5, 5.41) is 13.1. The van der Waals surface area contributed by atoms with Crippen molar-refractivity contribution in [3.8, 4) is 11.5 Å². The van der Waals surface area contributed by atoms with Gasteiger partial charge in [-0.3, -0.25) is 0 Å². The standard InChI is InChI=1S/C12H17NO2/c1-15-12-6-5-9(8-11(12)14)10-4-2-3-7-13-10/h5-6,8,10,13-14H,2-4,7H2,1H3/t10-/m1/s1. The van der Waals surface area contributed by atoms with E-state index in [1.165, 1.54) is 12.8 Å². The van der Waals surface area contributed by atoms with Crippen LogP contribution >= 0.6 is 0 Å². The van der Waals surface area contributed by atoms with Crippen molar-refractivity contribution in [1.29, 1.82) is 0 Å². The zero-order valence-electron chi connectivity index (χ0n) is 8.99. The van der Waals surface area contributed by atoms with E-state index in [2.05, 4.69) is 5.32 Å². The molecule has 1 aromatic carbocycles. The summed E-state index contributed by atoms with van der Waals surface area (Å²) in [6, 6.07) is 6.01. The molecule has 1 heterocycles. The minimum Gasteiger partial charge on any atom is -0.504 e. The number of phenolic OH excluding ortho intramolecular Hbond substituents is 1. The van der Waals surface area contributed by atoms with Crippen molar-refractivity contribution in [2.24, 2.45) is 0 Å². The molecule has 2 N–H and O–H groups in total. The van der Waals surface area contributed by atoms with Gasteiger partial charge in [-0.05, 0) is 37.1 Å². The van der Waals surface area contributed by atoms with Crippen molar-refractivity contribution in [3.05, 3.63) is 23.8 Å². The molecule has 0 amide bonds. The van der Waals surface area contributed by atoms with E-state index in [9.17, 15) is 5.11 Å². The lowest BCUT2D eigenvalue weighted by Gasteiger charge is -2.24. The Bertz CT molecular complexity index is 332. The number of piperidine rings is 1. The Labute approximate surface area is 90.1 Å². The van der Waals surface area contributed by atoms with Crippen LogP contribution in [-0.2, 0) is 0 Å². The van der Waals surface area contributed by atoms with Crippen molar-refractivity contribution in [1.82, 2.24) is 5.32 Å². The number of aromatic hydroxyl groups is 1. The van der Waals surface area contributed by atoms with Crippen LogP contribution in [0.2, 0.25) is 0 Å². The number of hydrogen-bond donors (Lipinski definition) is 2. The smallest absolute Gasteiger partial charge is 0.160 e. The Morgan fingerprint density at radius 1 is 1.40 bits per heavy atom. The molecule has 0 aromatic heterocycles. The molecule has 2 rings (SSSR count). The number of methoxy groups -OCH3 is 1. The second kappa shape index (κ2) is 4.53. The Hall–Kier alpha value is -1.22. The van der Waals surface area contributed by atoms with Crippen molar-refractivity contribution in [2.45, 2.75) is 25.3 Å². The van der Waals surface area contributed by atoms with Crippen molar-refractivity contribution in [3.63, 3.8) is 0 Å². The molecule has 3 heteroatoms. The normalized spacial score (nSPS) is 21.3. The van der Waals surface area contributed by atoms with Gasteiger partial charge in [0.05, 0.1) is 7.11 Å². The maximum absolute atomic E-state index is 9.67. The third-order valence-corrected chi connectivity index (χ3v) is 2.92. The van der Waals surface area contributed by atoms with E-state index >= 15 is 0 Å². The summed E-state index contributed by atoms with van der Waals surface area (Å²) in [5.74, 6) is 0.761. The topological polar surface area (TPSA) is 41.5 Å². The molecule has 15 heavy (non-hydrogen) atoms. The van der Waals surface area contributed by atoms with Gasteiger partial charge in [0.25, 0.3) is 0 Å². The van der Waals surface area contributed by atoms with E-state index in [4.69, 9.17) is 4.74 Å². The lowest BCUT2D eigenvalue weighted by Crippen LogP contribution is -2.26. The van der Waals surface area contributed by atoms with Crippen molar-refractivity contribution in [2.75, 3.05) is 13.7 Å². The Morgan fingerprint density at radius 2 is 2.27 bits per heavy atom. The molecule has 1 aliphatic heterocycles. The van der Waals surface area contributed by atoms with E-state index < -0.39 is 0 Å². The average molecular weight is 207 g/mol. The lowest BCUT2D eigenvalue weighted by atomic mass is 9.97. The average Bonchev–Trinajstić information content (AvgIpc) is 2.30. The number of ether oxygens (including phenoxy) is 1. The molecule has 1 aliphatic rings. The third kappa shape index (κ3) is 2.23. The van der Waals surface area contributed by atoms with Crippen LogP contribution in [0.15, 0.2) is 18.2 Å². The van der Waals surface area contributed by atoms with Gasteiger partial charge in [-0.15, -0.1) is 0 Å². The van der Waals surface area contributed by atoms with Crippen LogP contribution in [0.5, 0.6) is 11.5 Å². The summed E-state index contributed by atoms with van der Waals surface area (Å²) in [5.41, 5.74) is 1.15. The van der Waals surface area contributed by atoms with Gasteiger partial charge in [0, 0.05) is 6.04 Å². The van der Waals surface area contributed by atoms with Gasteiger partial charge in [0.2, 0.25) is 0 Å². The van der Waals surface area contributed by atoms with Crippen LogP contribution < -0.4 is 10.1 Å². The quantitative estimate of drug-likeness (QED) is 0.781. The first-order valence-corrected chi connectivity index (χ1v) is 5.41. The van der Waals surface area contributed by atoms with Crippen LogP contribution in [-0.4, -0.2) is 18.8 Å². The zero-order chi connectivity index (χ0) is 10.7. The van der Waals surface area contributed by atoms with Crippen molar-refractivity contribution >= 4 is 0 Å². The Kier molecular flexibility index (Phi) is 3.11. The highest BCUT2D eigenvalue weighted by Gasteiger charge is 2.15. The minimum atomic E-state index is 0.224. The predicted octanol–water partition coefficient (Wildman–Crippen LogP) is 2.22. The van der Waals surface area contributed by atoms with Gasteiger partial charge >= 0.3 is 0 Å². The zero-order valence-corrected chi connectivity index (χ0v) is 8.99. The molecular weight excluding hydrogens is 190 g/mol. The summed E-state index contributed by atoms with van der Waals surface area (Å²) in [6.07, 6.45) is 3.65. The Balaban J connectivity index is 2.17. The maximum atomic E-state index is 9.67. The fourth-order valence-corrected chi connectivity index (χ4v) is 2.06. The number of phenols is 1. The summed E-state index contributed by atoms with van der Waals surface area (Å²) in [7, 11) is 1.56. The fourth-order valence-electron chi connectivity index (χ4n) is 2.06. The molecule has 1 atom stereocenters. The highest BCUT2D eigenvalue weighted by Crippen LogP contribution is 2.31. The summed E-state index contributed by atoms with van der Waals surface area (Å²) in [4.78, 5) is 0. The molecule has 0 aliphatic carbocycles. The third-order valence-electron chi connectivity index (χ3n) is 2.92. The number of nitrogens with one attached hydrogen (secondary N) is 1. The van der Waals surface area contributed by atoms with E-state index in [1.807, 2.05) is 12.1 Å². The maximum Gasteiger partial charge on any atom is 0.160 e. The van der Waals surface area contributed by atoms with Gasteiger partial charge in [0.15, 0.2) is 11.5 Å². The van der Waals surface area contributed by atoms with Gasteiger partial charge in [-0.25, -0.2) is 0 Å². The second-order valence-corrected chi connectivity index (χ2v) is 3.93. The monoisotopic (exact) mass is 207 g/mol. The highest BCUT2D eigenvalue weighted by molar-refractivity contribution is 5.42. The number of rotatable bonds is 2. The first-order valence-electron chi connectivity index (χ1n) is 5.41. The molecule has 0 bridgehead atoms. The number of hydrogen-bond acceptors (Lipinski definition) is 3. The molecule has 0 unspecified atom stereocenters. The largest absolute Gasteiger partial charge is 0.504 e. The fraction of sp³-hybridized carbons (Fsp3) is 0.500. The van der Waals surface area contributed by atoms with Gasteiger partial charge in [0.1, 0.15) is 0 Å². The SMILES string of the molecule is COc1ccc([C@H]2CCCCN2)cc1O. The molecule has 0 saturated carbocycles. The van der Waals surface area contributed by atoms with Crippen LogP contribution in [0.25, 0.3) is 0 Å². The molecule has 3 nitrogen and oxygen atoms in total. The summed E-state index contributed by atoms with van der Waals surface area (Å²) >= 11 is 0. The summed E-state index contributed by atoms with van der Waals surface area (Å²) in [6.45, 7) is 1.07. The second-order valence-electron chi connectivity index (χ2n) is 3.93. The van der Waals surface area contributed by atoms with E-state index in [0.29, 0.717) is 11.8 Å². The van der Waals surface area contributed by atoms with Gasteiger partial charge in [-0.1, -0.05) is 12.5 Å². The van der Waals surface area contributed by atoms with E-state index in [0.717, 1.165) is 18.5 Å². The lowest BCUT2D eigenvalue weighted by molar-refractivity contribution is 0.369. The van der Waals surface area contributed by atoms with E-state index in [1.54, 1.807) is 13.2 Å². The molecule has 0 spiro atoms. The number of benzene rings is 1. The van der Waals surface area contributed by atoms with Crippen LogP contribution in [0, 0.1) is 0 Å². The van der Waals surface area contributed by atoms with Crippen molar-refractivity contribution < 1.29 is 9.84 Å². The molecule has 0 radical (unpaired) electrons. The van der Waals surface area contributed by atoms with E-state index in [-0.39, 0.29) is 5.75 Å². The molecule has 1 saturated heterocycles. The highest BCUT2D eigenvalue weighted by atomic mass is 16.5. The van der Waals surface area contributed by atoms with Gasteiger partial charge < -0.3 is 15.2 Å². The van der Waals surface area contributed by atoms with Crippen LogP contribution in [0.4, 0.5) is 0 Å². The molecular formula is C12H17NO2. The van der Waals surface area contributed by atoms with Crippen LogP contribution in [0.1, 0.15) is 30.9 Å². The Morgan fingerprint density at radius 3 is 2.87 bits per heavy atom. The first-order chi connectivity index (χ1) is 7.31. The van der Waals surface area contributed by atoms with Crippen LogP contribution in [0.3, 0.4) is 0 Å². The summed E-state index contributed by atoms with van der Waals surface area (Å²) < 4.78 is 5.02. The first kappa shape index (κ1) is 10.3. The molecule has 1 fully saturated rings. The molecule has 1 aromatic rings. The molecule has 82 valence electrons. The van der Waals surface area contributed by atoms with Gasteiger partial charge in [-0.2, -0.15) is 0 Å². The minimum absolute atomic E-state index is 0.224. The predicted molar refractivity (Wildman–Crippen MR) is 59.3 cm³/mol.